The van der Waals surface area contributed by atoms with Gasteiger partial charge < -0.3 is 4.74 Å². The molecular formula is C17H24BrNO2. The molecule has 2 rings (SSSR count). The van der Waals surface area contributed by atoms with E-state index in [1.165, 1.54) is 19.3 Å². The summed E-state index contributed by atoms with van der Waals surface area (Å²) in [5.74, 6) is -0.257. The van der Waals surface area contributed by atoms with Crippen LogP contribution in [0.2, 0.25) is 0 Å². The van der Waals surface area contributed by atoms with E-state index in [9.17, 15) is 4.79 Å². The second-order valence-corrected chi connectivity index (χ2v) is 6.88. The predicted molar refractivity (Wildman–Crippen MR) is 88.5 cm³/mol. The summed E-state index contributed by atoms with van der Waals surface area (Å²) in [6, 6.07) is 8.51. The number of piperidine rings is 1. The molecular weight excluding hydrogens is 330 g/mol. The molecule has 1 aromatic carbocycles. The van der Waals surface area contributed by atoms with Gasteiger partial charge in [-0.25, -0.2) is 4.79 Å². The van der Waals surface area contributed by atoms with Gasteiger partial charge in [-0.1, -0.05) is 18.6 Å². The molecule has 0 saturated carbocycles. The second kappa shape index (κ2) is 7.41. The molecule has 0 unspecified atom stereocenters. The summed E-state index contributed by atoms with van der Waals surface area (Å²) >= 11 is 3.39. The van der Waals surface area contributed by atoms with E-state index >= 15 is 0 Å². The summed E-state index contributed by atoms with van der Waals surface area (Å²) in [4.78, 5) is 14.7. The Kier molecular flexibility index (Phi) is 5.82. The van der Waals surface area contributed by atoms with E-state index in [0.29, 0.717) is 17.6 Å². The maximum atomic E-state index is 12.2. The summed E-state index contributed by atoms with van der Waals surface area (Å²) < 4.78 is 6.39. The van der Waals surface area contributed by atoms with Crippen molar-refractivity contribution in [3.05, 3.63) is 34.3 Å². The van der Waals surface area contributed by atoms with Crippen molar-refractivity contribution < 1.29 is 9.53 Å². The van der Waals surface area contributed by atoms with Gasteiger partial charge in [0.25, 0.3) is 0 Å². The van der Waals surface area contributed by atoms with Crippen molar-refractivity contribution in [2.24, 2.45) is 0 Å². The van der Waals surface area contributed by atoms with Crippen molar-refractivity contribution in [2.75, 3.05) is 6.54 Å². The van der Waals surface area contributed by atoms with Gasteiger partial charge in [0, 0.05) is 23.1 Å². The van der Waals surface area contributed by atoms with Crippen LogP contribution in [0.1, 0.15) is 50.4 Å². The third kappa shape index (κ3) is 4.30. The molecule has 1 fully saturated rings. The quantitative estimate of drug-likeness (QED) is 0.757. The largest absolute Gasteiger partial charge is 0.458 e. The molecule has 0 aromatic heterocycles. The van der Waals surface area contributed by atoms with Crippen LogP contribution >= 0.6 is 15.9 Å². The molecule has 0 spiro atoms. The molecule has 4 heteroatoms. The number of carbonyl (C=O) groups excluding carboxylic acids is 1. The van der Waals surface area contributed by atoms with Gasteiger partial charge in [-0.15, -0.1) is 0 Å². The molecule has 0 radical (unpaired) electrons. The van der Waals surface area contributed by atoms with E-state index < -0.39 is 0 Å². The van der Waals surface area contributed by atoms with Gasteiger partial charge in [0.2, 0.25) is 0 Å². The molecule has 1 saturated heterocycles. The zero-order valence-corrected chi connectivity index (χ0v) is 14.6. The molecule has 0 N–H and O–H groups in total. The molecule has 0 amide bonds. The molecule has 0 bridgehead atoms. The van der Waals surface area contributed by atoms with Gasteiger partial charge in [0.1, 0.15) is 6.10 Å². The van der Waals surface area contributed by atoms with Gasteiger partial charge in [-0.05, 0) is 61.7 Å². The normalized spacial score (nSPS) is 24.6. The number of hydrogen-bond acceptors (Lipinski definition) is 3. The van der Waals surface area contributed by atoms with Crippen LogP contribution in [-0.2, 0) is 4.74 Å². The van der Waals surface area contributed by atoms with Crippen LogP contribution in [0.4, 0.5) is 0 Å². The first-order valence-corrected chi connectivity index (χ1v) is 8.49. The van der Waals surface area contributed by atoms with Gasteiger partial charge in [0.05, 0.1) is 5.56 Å². The zero-order chi connectivity index (χ0) is 15.4. The third-order valence-corrected chi connectivity index (χ3v) is 4.94. The fourth-order valence-electron chi connectivity index (χ4n) is 3.04. The van der Waals surface area contributed by atoms with Crippen LogP contribution < -0.4 is 0 Å². The Balaban J connectivity index is 1.93. The standard InChI is InChI=1S/C17H24BrNO2/c1-12-7-6-8-13(2)19(12)11-14(3)21-17(20)15-9-4-5-10-16(15)18/h4-5,9-10,12-14H,6-8,11H2,1-3H3/t12-,13+,14-/m1/s1. The number of benzene rings is 1. The first-order chi connectivity index (χ1) is 9.99. The van der Waals surface area contributed by atoms with Gasteiger partial charge in [-0.3, -0.25) is 4.90 Å². The van der Waals surface area contributed by atoms with Gasteiger partial charge >= 0.3 is 5.97 Å². The van der Waals surface area contributed by atoms with Crippen molar-refractivity contribution in [3.8, 4) is 0 Å². The Bertz CT molecular complexity index is 481. The maximum absolute atomic E-state index is 12.2. The number of carbonyl (C=O) groups is 1. The molecule has 1 heterocycles. The van der Waals surface area contributed by atoms with Crippen molar-refractivity contribution >= 4 is 21.9 Å². The lowest BCUT2D eigenvalue weighted by molar-refractivity contribution is 0.00804. The number of rotatable bonds is 4. The van der Waals surface area contributed by atoms with E-state index in [0.717, 1.165) is 11.0 Å². The van der Waals surface area contributed by atoms with Gasteiger partial charge in [0.15, 0.2) is 0 Å². The van der Waals surface area contributed by atoms with Gasteiger partial charge in [-0.2, -0.15) is 0 Å². The number of halogens is 1. The maximum Gasteiger partial charge on any atom is 0.339 e. The number of ether oxygens (including phenoxy) is 1. The molecule has 116 valence electrons. The van der Waals surface area contributed by atoms with Crippen LogP contribution in [0.15, 0.2) is 28.7 Å². The summed E-state index contributed by atoms with van der Waals surface area (Å²) in [5.41, 5.74) is 0.587. The Hall–Kier alpha value is -0.870. The lowest BCUT2D eigenvalue weighted by Gasteiger charge is -2.40. The van der Waals surface area contributed by atoms with Crippen molar-refractivity contribution in [2.45, 2.75) is 58.2 Å². The smallest absolute Gasteiger partial charge is 0.339 e. The second-order valence-electron chi connectivity index (χ2n) is 6.02. The van der Waals surface area contributed by atoms with Crippen molar-refractivity contribution in [1.82, 2.24) is 4.90 Å². The van der Waals surface area contributed by atoms with Crippen LogP contribution in [0.3, 0.4) is 0 Å². The monoisotopic (exact) mass is 353 g/mol. The Morgan fingerprint density at radius 3 is 2.57 bits per heavy atom. The van der Waals surface area contributed by atoms with E-state index in [4.69, 9.17) is 4.74 Å². The highest BCUT2D eigenvalue weighted by Gasteiger charge is 2.27. The van der Waals surface area contributed by atoms with E-state index in [1.807, 2.05) is 25.1 Å². The van der Waals surface area contributed by atoms with Crippen LogP contribution in [0.25, 0.3) is 0 Å². The Labute approximate surface area is 135 Å². The number of hydrogen-bond donors (Lipinski definition) is 0. The fourth-order valence-corrected chi connectivity index (χ4v) is 3.49. The summed E-state index contributed by atoms with van der Waals surface area (Å²) in [5, 5.41) is 0. The van der Waals surface area contributed by atoms with E-state index in [1.54, 1.807) is 6.07 Å². The Morgan fingerprint density at radius 1 is 1.33 bits per heavy atom. The molecule has 3 atom stereocenters. The molecule has 1 aliphatic rings. The lowest BCUT2D eigenvalue weighted by Crippen LogP contribution is -2.47. The Morgan fingerprint density at radius 2 is 1.95 bits per heavy atom. The van der Waals surface area contributed by atoms with Crippen LogP contribution in [0.5, 0.6) is 0 Å². The highest BCUT2D eigenvalue weighted by molar-refractivity contribution is 9.10. The average Bonchev–Trinajstić information content (AvgIpc) is 2.43. The predicted octanol–water partition coefficient (Wildman–Crippen LogP) is 4.26. The lowest BCUT2D eigenvalue weighted by atomic mass is 9.97. The van der Waals surface area contributed by atoms with Crippen LogP contribution in [-0.4, -0.2) is 35.6 Å². The highest BCUT2D eigenvalue weighted by atomic mass is 79.9. The number of nitrogens with zero attached hydrogens (tertiary/aromatic N) is 1. The van der Waals surface area contributed by atoms with E-state index in [2.05, 4.69) is 34.7 Å². The minimum Gasteiger partial charge on any atom is -0.458 e. The highest BCUT2D eigenvalue weighted by Crippen LogP contribution is 2.23. The van der Waals surface area contributed by atoms with Crippen LogP contribution in [0, 0.1) is 0 Å². The first-order valence-electron chi connectivity index (χ1n) is 7.70. The number of esters is 1. The third-order valence-electron chi connectivity index (χ3n) is 4.25. The first kappa shape index (κ1) is 16.5. The molecule has 3 nitrogen and oxygen atoms in total. The number of likely N-dealkylation sites (tertiary alicyclic amines) is 1. The topological polar surface area (TPSA) is 29.5 Å². The summed E-state index contributed by atoms with van der Waals surface area (Å²) in [6.45, 7) is 7.30. The fraction of sp³-hybridized carbons (Fsp3) is 0.588. The van der Waals surface area contributed by atoms with E-state index in [-0.39, 0.29) is 12.1 Å². The average molecular weight is 354 g/mol. The molecule has 0 aliphatic carbocycles. The molecule has 1 aromatic rings. The molecule has 1 aliphatic heterocycles. The van der Waals surface area contributed by atoms with Crippen molar-refractivity contribution in [1.29, 1.82) is 0 Å². The zero-order valence-electron chi connectivity index (χ0n) is 13.0. The summed E-state index contributed by atoms with van der Waals surface area (Å²) in [7, 11) is 0. The SMILES string of the molecule is C[C@H](CN1[C@H](C)CCC[C@@H]1C)OC(=O)c1ccccc1Br. The summed E-state index contributed by atoms with van der Waals surface area (Å²) in [6.07, 6.45) is 3.65. The molecule has 21 heavy (non-hydrogen) atoms. The van der Waals surface area contributed by atoms with Crippen molar-refractivity contribution in [3.63, 3.8) is 0 Å². The minimum atomic E-state index is -0.257. The minimum absolute atomic E-state index is 0.104.